The highest BCUT2D eigenvalue weighted by Crippen LogP contribution is 2.28. The zero-order chi connectivity index (χ0) is 63.6. The summed E-state index contributed by atoms with van der Waals surface area (Å²) < 4.78 is 22.1. The van der Waals surface area contributed by atoms with Crippen molar-refractivity contribution in [2.75, 3.05) is 0 Å². The highest BCUT2D eigenvalue weighted by molar-refractivity contribution is 7.98. The van der Waals surface area contributed by atoms with Gasteiger partial charge in [0.05, 0.1) is 27.1 Å². The van der Waals surface area contributed by atoms with Crippen LogP contribution >= 0.6 is 47.8 Å². The van der Waals surface area contributed by atoms with Crippen molar-refractivity contribution in [2.24, 2.45) is 0 Å². The van der Waals surface area contributed by atoms with Gasteiger partial charge in [-0.2, -0.15) is 0 Å². The van der Waals surface area contributed by atoms with Gasteiger partial charge in [0.25, 0.3) is 0 Å². The molecule has 88 heavy (non-hydrogen) atoms. The van der Waals surface area contributed by atoms with E-state index >= 15 is 0 Å². The van der Waals surface area contributed by atoms with Crippen molar-refractivity contribution in [3.8, 4) is 23.0 Å². The minimum Gasteiger partial charge on any atom is -0.508 e. The maximum Gasteiger partial charge on any atom is 0.193 e. The molecule has 4 N–H and O–H groups in total. The number of phenolic OH excluding ortho intramolecular Hbond substituents is 4. The van der Waals surface area contributed by atoms with Crippen LogP contribution in [0.5, 0.6) is 23.0 Å². The molecule has 0 unspecified atom stereocenters. The Balaban J connectivity index is 0.000000155. The first-order chi connectivity index (χ1) is 42.0. The molecule has 0 fully saturated rings. The number of hydrogen-bond donors (Lipinski definition) is 5. The van der Waals surface area contributed by atoms with Gasteiger partial charge < -0.3 is 38.1 Å². The number of ketones is 1. The van der Waals surface area contributed by atoms with Crippen LogP contribution in [0.1, 0.15) is 67.5 Å². The molecule has 4 aromatic heterocycles. The quantitative estimate of drug-likeness (QED) is 0.0414. The molecule has 0 spiro atoms. The van der Waals surface area contributed by atoms with E-state index < -0.39 is 0 Å². The van der Waals surface area contributed by atoms with E-state index in [4.69, 9.17) is 44.6 Å². The lowest BCUT2D eigenvalue weighted by molar-refractivity contribution is 0.101. The number of aromatic hydroxyl groups is 4. The van der Waals surface area contributed by atoms with Crippen molar-refractivity contribution >= 4 is 97.4 Å². The zero-order valence-corrected chi connectivity index (χ0v) is 52.4. The number of Topliss-reactive ketones (excluding diaryl/α,β-unsaturated/α-hetero) is 1. The largest absolute Gasteiger partial charge is 0.508 e. The van der Waals surface area contributed by atoms with Crippen LogP contribution < -0.4 is 21.7 Å². The fraction of sp³-hybridized carbons (Fsp3) is 0.141. The lowest BCUT2D eigenvalue weighted by atomic mass is 10.1. The second-order valence-corrected chi connectivity index (χ2v) is 23.0. The van der Waals surface area contributed by atoms with Crippen LogP contribution in [0.3, 0.4) is 0 Å². The Kier molecular flexibility index (Phi) is 23.7. The Hall–Kier alpha value is -9.19. The third-order valence-electron chi connectivity index (χ3n) is 12.9. The second kappa shape index (κ2) is 31.5. The summed E-state index contributed by atoms with van der Waals surface area (Å²) in [5.74, 6) is 2.49. The number of phenols is 4. The molecule has 0 aliphatic heterocycles. The number of benzene rings is 8. The molecule has 0 aliphatic carbocycles. The van der Waals surface area contributed by atoms with Gasteiger partial charge in [-0.15, -0.1) is 24.2 Å². The first-order valence-corrected chi connectivity index (χ1v) is 30.3. The number of rotatable bonds is 8. The number of carbonyl (C=O) groups excluding carboxylic acids is 1. The Bertz CT molecular complexity index is 4380. The van der Waals surface area contributed by atoms with Crippen LogP contribution in [0.25, 0.3) is 43.9 Å². The normalized spacial score (nSPS) is 10.5. The predicted octanol–water partition coefficient (Wildman–Crippen LogP) is 17.0. The molecule has 4 heterocycles. The summed E-state index contributed by atoms with van der Waals surface area (Å²) in [5.41, 5.74) is 11.6. The topological polar surface area (TPSA) is 219 Å². The van der Waals surface area contributed by atoms with E-state index in [2.05, 4.69) is 87.1 Å². The van der Waals surface area contributed by atoms with Crippen LogP contribution in [0.4, 0.5) is 0 Å². The minimum atomic E-state index is -0.220. The average Bonchev–Trinajstić information content (AvgIpc) is 3.52. The lowest BCUT2D eigenvalue weighted by Gasteiger charge is -2.04. The Morgan fingerprint density at radius 2 is 0.761 bits per heavy atom. The van der Waals surface area contributed by atoms with Crippen molar-refractivity contribution in [3.05, 3.63) is 285 Å². The van der Waals surface area contributed by atoms with Gasteiger partial charge in [0, 0.05) is 59.9 Å². The lowest BCUT2D eigenvalue weighted by Crippen LogP contribution is -2.00. The van der Waals surface area contributed by atoms with Gasteiger partial charge in [0.15, 0.2) is 42.8 Å². The summed E-state index contributed by atoms with van der Waals surface area (Å²) in [6.07, 6.45) is 0. The molecule has 0 aliphatic rings. The molecule has 13 nitrogen and oxygen atoms in total. The molecule has 450 valence electrons. The molecule has 0 radical (unpaired) electrons. The van der Waals surface area contributed by atoms with Gasteiger partial charge in [-0.1, -0.05) is 125 Å². The summed E-state index contributed by atoms with van der Waals surface area (Å²) in [4.78, 5) is 57.6. The van der Waals surface area contributed by atoms with Crippen LogP contribution in [0, 0.1) is 41.5 Å². The third kappa shape index (κ3) is 19.7. The number of alkyl halides is 1. The molecule has 0 atom stereocenters. The Morgan fingerprint density at radius 1 is 0.409 bits per heavy atom. The highest BCUT2D eigenvalue weighted by Gasteiger charge is 2.10. The van der Waals surface area contributed by atoms with Crippen molar-refractivity contribution in [2.45, 2.75) is 81.1 Å². The standard InChI is InChI=1S/C18H16O2S.C17H14O3S.C11H10O2.C9H6O3S.C8H9Cl.C8H8O3/c1-12-3-6-14(7-4-12)11-21-18-10-16(19)15-8-5-13(2)9-17(15)20-18;1-11-2-4-12(5-3-11)10-21-17-9-15(19)14-7-6-13(18)8-16(14)20-17;1-7-3-4-9-10(12)6-8(2)13-11(9)5-7;10-5-1-2-6-7(11)4-9(13)12-8(6)3-5;1-7-2-4-8(6-9)5-3-7;1-5(9)7-3-2-6(10)4-8(7)11/h3-10H,11H2,1-2H3;2-9,18H,10H2,1H3;3-6H,1-2H3;1-4,10,13H;2-5H,6H2,1H3;2-4,10-11H,1H3. The van der Waals surface area contributed by atoms with Crippen molar-refractivity contribution in [3.63, 3.8) is 0 Å². The number of thiol groups is 1. The van der Waals surface area contributed by atoms with E-state index in [9.17, 15) is 29.1 Å². The smallest absolute Gasteiger partial charge is 0.193 e. The highest BCUT2D eigenvalue weighted by atomic mass is 35.5. The second-order valence-electron chi connectivity index (χ2n) is 20.3. The number of hydrogen-bond acceptors (Lipinski definition) is 16. The number of thioether (sulfide) groups is 2. The monoisotopic (exact) mass is 1250 g/mol. The van der Waals surface area contributed by atoms with Gasteiger partial charge in [0.2, 0.25) is 0 Å². The summed E-state index contributed by atoms with van der Waals surface area (Å²) in [6, 6.07) is 54.7. The molecular formula is C71H63ClO13S3. The molecule has 12 rings (SSSR count). The fourth-order valence-corrected chi connectivity index (χ4v) is 10.3. The molecule has 17 heteroatoms. The summed E-state index contributed by atoms with van der Waals surface area (Å²) >= 11 is 12.5. The van der Waals surface area contributed by atoms with Gasteiger partial charge in [0.1, 0.15) is 51.1 Å². The van der Waals surface area contributed by atoms with Crippen molar-refractivity contribution in [1.29, 1.82) is 0 Å². The number of fused-ring (bicyclic) bond motifs is 4. The first-order valence-electron chi connectivity index (χ1n) is 27.3. The van der Waals surface area contributed by atoms with Crippen LogP contribution in [0.15, 0.2) is 240 Å². The van der Waals surface area contributed by atoms with E-state index in [0.29, 0.717) is 65.7 Å². The molecule has 12 aromatic rings. The Labute approximate surface area is 526 Å². The predicted molar refractivity (Wildman–Crippen MR) is 357 cm³/mol. The maximum atomic E-state index is 12.1. The first kappa shape index (κ1) is 66.3. The molecule has 0 saturated heterocycles. The summed E-state index contributed by atoms with van der Waals surface area (Å²) in [6.45, 7) is 13.3. The fourth-order valence-electron chi connectivity index (χ4n) is 8.19. The van der Waals surface area contributed by atoms with Crippen LogP contribution in [-0.2, 0) is 17.4 Å². The number of halogens is 1. The maximum absolute atomic E-state index is 12.1. The van der Waals surface area contributed by atoms with Gasteiger partial charge >= 0.3 is 0 Å². The molecule has 0 bridgehead atoms. The van der Waals surface area contributed by atoms with Crippen LogP contribution in [-0.4, -0.2) is 26.2 Å². The van der Waals surface area contributed by atoms with Gasteiger partial charge in [-0.25, -0.2) is 0 Å². The van der Waals surface area contributed by atoms with Crippen molar-refractivity contribution in [1.82, 2.24) is 0 Å². The average molecular weight is 1260 g/mol. The van der Waals surface area contributed by atoms with E-state index in [0.717, 1.165) is 28.7 Å². The molecular weight excluding hydrogens is 1190 g/mol. The van der Waals surface area contributed by atoms with E-state index in [1.165, 1.54) is 113 Å². The SMILES string of the molecule is CC(=O)c1ccc(O)cc1O.Cc1ccc(CCl)cc1.Cc1ccc(CSc2cc(=O)c3ccc(C)cc3o2)cc1.Cc1ccc(CSc2cc(=O)c3ccc(O)cc3o2)cc1.Cc1ccc2c(=O)cc(C)oc2c1.O=c1cc(S)oc2cc(O)ccc12. The Morgan fingerprint density at radius 3 is 1.19 bits per heavy atom. The summed E-state index contributed by atoms with van der Waals surface area (Å²) in [7, 11) is 0. The third-order valence-corrected chi connectivity index (χ3v) is 15.4. The number of aryl methyl sites for hydroxylation is 6. The zero-order valence-electron chi connectivity index (χ0n) is 49.1. The molecule has 8 aromatic carbocycles. The van der Waals surface area contributed by atoms with Gasteiger partial charge in [-0.05, 0) is 137 Å². The van der Waals surface area contributed by atoms with E-state index in [1.807, 2.05) is 63.2 Å². The molecule has 0 saturated carbocycles. The number of carbonyl (C=O) groups is 1. The van der Waals surface area contributed by atoms with E-state index in [-0.39, 0.29) is 61.2 Å². The van der Waals surface area contributed by atoms with Gasteiger partial charge in [-0.3, -0.25) is 24.0 Å². The van der Waals surface area contributed by atoms with E-state index in [1.54, 1.807) is 36.9 Å². The van der Waals surface area contributed by atoms with Crippen molar-refractivity contribution < 1.29 is 42.9 Å². The molecule has 0 amide bonds. The minimum absolute atomic E-state index is 0.0163. The van der Waals surface area contributed by atoms with Crippen LogP contribution in [0.2, 0.25) is 0 Å². The summed E-state index contributed by atoms with van der Waals surface area (Å²) in [5, 5.41) is 40.2.